The third-order valence-electron chi connectivity index (χ3n) is 5.38. The van der Waals surface area contributed by atoms with Crippen molar-refractivity contribution in [3.8, 4) is 0 Å². The summed E-state index contributed by atoms with van der Waals surface area (Å²) in [5.41, 5.74) is 4.57. The zero-order valence-corrected chi connectivity index (χ0v) is 16.5. The average Bonchev–Trinajstić information content (AvgIpc) is 3.00. The summed E-state index contributed by atoms with van der Waals surface area (Å²) in [4.78, 5) is 13.8. The van der Waals surface area contributed by atoms with Crippen LogP contribution in [0.5, 0.6) is 0 Å². The number of allylic oxidation sites excluding steroid dienone is 1. The lowest BCUT2D eigenvalue weighted by Crippen LogP contribution is -2.31. The zero-order valence-electron chi connectivity index (χ0n) is 15.6. The summed E-state index contributed by atoms with van der Waals surface area (Å²) in [7, 11) is 0. The van der Waals surface area contributed by atoms with Gasteiger partial charge in [0.05, 0.1) is 5.56 Å². The van der Waals surface area contributed by atoms with Crippen LogP contribution in [-0.2, 0) is 10.8 Å². The van der Waals surface area contributed by atoms with E-state index < -0.39 is 5.97 Å². The van der Waals surface area contributed by atoms with Gasteiger partial charge in [0.2, 0.25) is 0 Å². The van der Waals surface area contributed by atoms with Crippen molar-refractivity contribution in [1.29, 1.82) is 0 Å². The van der Waals surface area contributed by atoms with Gasteiger partial charge in [-0.3, -0.25) is 0 Å². The fourth-order valence-electron chi connectivity index (χ4n) is 3.51. The van der Waals surface area contributed by atoms with Crippen LogP contribution in [-0.4, -0.2) is 11.1 Å². The van der Waals surface area contributed by atoms with E-state index in [-0.39, 0.29) is 10.8 Å². The average molecular weight is 355 g/mol. The second-order valence-corrected chi connectivity index (χ2v) is 9.43. The first-order chi connectivity index (χ1) is 11.6. The van der Waals surface area contributed by atoms with Gasteiger partial charge in [0.1, 0.15) is 0 Å². The van der Waals surface area contributed by atoms with Crippen molar-refractivity contribution < 1.29 is 9.90 Å². The standard InChI is InChI=1S/C22H26O2S/c1-14(12-15-6-8-16(9-7-15)20(23)24)18-13-17-19(25-18)22(4,5)11-10-21(17,2)3/h6-9,12-13H,10-11H2,1-5H3,(H,23,24). The molecule has 1 heterocycles. The largest absolute Gasteiger partial charge is 0.478 e. The van der Waals surface area contributed by atoms with Crippen LogP contribution < -0.4 is 0 Å². The van der Waals surface area contributed by atoms with Crippen LogP contribution in [0.2, 0.25) is 0 Å². The molecule has 25 heavy (non-hydrogen) atoms. The predicted molar refractivity (Wildman–Crippen MR) is 107 cm³/mol. The summed E-state index contributed by atoms with van der Waals surface area (Å²) in [6, 6.07) is 9.43. The van der Waals surface area contributed by atoms with Gasteiger partial charge in [-0.15, -0.1) is 11.3 Å². The summed E-state index contributed by atoms with van der Waals surface area (Å²) in [5.74, 6) is -0.886. The van der Waals surface area contributed by atoms with Gasteiger partial charge in [-0.05, 0) is 65.5 Å². The highest BCUT2D eigenvalue weighted by Crippen LogP contribution is 2.50. The van der Waals surface area contributed by atoms with Gasteiger partial charge in [0.25, 0.3) is 0 Å². The Morgan fingerprint density at radius 1 is 1.08 bits per heavy atom. The van der Waals surface area contributed by atoms with E-state index in [9.17, 15) is 4.79 Å². The Balaban J connectivity index is 1.97. The fourth-order valence-corrected chi connectivity index (χ4v) is 4.95. The molecule has 1 aromatic heterocycles. The lowest BCUT2D eigenvalue weighted by molar-refractivity contribution is 0.0697. The fraction of sp³-hybridized carbons (Fsp3) is 0.409. The summed E-state index contributed by atoms with van der Waals surface area (Å²) in [5, 5.41) is 9.01. The Hall–Kier alpha value is -1.87. The van der Waals surface area contributed by atoms with Crippen LogP contribution in [0.1, 0.15) is 78.7 Å². The molecule has 2 nitrogen and oxygen atoms in total. The van der Waals surface area contributed by atoms with E-state index >= 15 is 0 Å². The summed E-state index contributed by atoms with van der Waals surface area (Å²) >= 11 is 1.92. The van der Waals surface area contributed by atoms with Crippen LogP contribution in [0.25, 0.3) is 11.6 Å². The summed E-state index contributed by atoms with van der Waals surface area (Å²) in [6.45, 7) is 11.5. The van der Waals surface area contributed by atoms with Crippen LogP contribution in [0.15, 0.2) is 30.3 Å². The van der Waals surface area contributed by atoms with E-state index in [1.807, 2.05) is 23.5 Å². The molecule has 0 saturated heterocycles. The number of carboxylic acid groups (broad SMARTS) is 1. The maximum Gasteiger partial charge on any atom is 0.335 e. The van der Waals surface area contributed by atoms with Gasteiger partial charge in [-0.25, -0.2) is 4.79 Å². The molecule has 0 radical (unpaired) electrons. The number of hydrogen-bond acceptors (Lipinski definition) is 2. The minimum absolute atomic E-state index is 0.239. The molecule has 132 valence electrons. The van der Waals surface area contributed by atoms with Gasteiger partial charge < -0.3 is 5.11 Å². The first kappa shape index (κ1) is 17.9. The van der Waals surface area contributed by atoms with E-state index in [0.717, 1.165) is 5.56 Å². The Labute approximate surface area is 154 Å². The normalized spacial score (nSPS) is 18.7. The van der Waals surface area contributed by atoms with Gasteiger partial charge in [-0.1, -0.05) is 45.9 Å². The van der Waals surface area contributed by atoms with Crippen molar-refractivity contribution >= 4 is 29.0 Å². The summed E-state index contributed by atoms with van der Waals surface area (Å²) in [6.07, 6.45) is 4.60. The van der Waals surface area contributed by atoms with E-state index in [2.05, 4.69) is 46.8 Å². The number of thiophene rings is 1. The number of rotatable bonds is 3. The molecular weight excluding hydrogens is 328 g/mol. The molecule has 0 spiro atoms. The molecule has 0 atom stereocenters. The van der Waals surface area contributed by atoms with Crippen LogP contribution in [0.4, 0.5) is 0 Å². The number of fused-ring (bicyclic) bond motifs is 1. The zero-order chi connectivity index (χ0) is 18.4. The molecular formula is C22H26O2S. The lowest BCUT2D eigenvalue weighted by Gasteiger charge is -2.39. The molecule has 1 N–H and O–H groups in total. The minimum atomic E-state index is -0.886. The molecule has 3 heteroatoms. The Morgan fingerprint density at radius 3 is 2.24 bits per heavy atom. The number of carboxylic acids is 1. The molecule has 0 aliphatic heterocycles. The molecule has 1 aromatic carbocycles. The smallest absolute Gasteiger partial charge is 0.335 e. The lowest BCUT2D eigenvalue weighted by atomic mass is 9.67. The number of hydrogen-bond donors (Lipinski definition) is 1. The summed E-state index contributed by atoms with van der Waals surface area (Å²) < 4.78 is 0. The van der Waals surface area contributed by atoms with Crippen molar-refractivity contribution in [1.82, 2.24) is 0 Å². The van der Waals surface area contributed by atoms with E-state index in [1.165, 1.54) is 33.7 Å². The molecule has 2 aromatic rings. The van der Waals surface area contributed by atoms with Gasteiger partial charge in [-0.2, -0.15) is 0 Å². The molecule has 0 saturated carbocycles. The van der Waals surface area contributed by atoms with Gasteiger partial charge in [0, 0.05) is 9.75 Å². The highest BCUT2D eigenvalue weighted by atomic mass is 32.1. The molecule has 1 aliphatic rings. The van der Waals surface area contributed by atoms with Crippen molar-refractivity contribution in [2.24, 2.45) is 0 Å². The second kappa shape index (κ2) is 6.14. The maximum absolute atomic E-state index is 11.0. The Bertz CT molecular complexity index is 802. The number of aromatic carboxylic acids is 1. The molecule has 1 aliphatic carbocycles. The SMILES string of the molecule is CC(=Cc1ccc(C(=O)O)cc1)c1cc2c(s1)C(C)(C)CCC2(C)C. The maximum atomic E-state index is 11.0. The third-order valence-corrected chi connectivity index (χ3v) is 7.02. The van der Waals surface area contributed by atoms with E-state index in [4.69, 9.17) is 5.11 Å². The number of carbonyl (C=O) groups is 1. The minimum Gasteiger partial charge on any atom is -0.478 e. The van der Waals surface area contributed by atoms with Gasteiger partial charge >= 0.3 is 5.97 Å². The van der Waals surface area contributed by atoms with E-state index in [0.29, 0.717) is 5.56 Å². The predicted octanol–water partition coefficient (Wildman–Crippen LogP) is 6.36. The topological polar surface area (TPSA) is 37.3 Å². The van der Waals surface area contributed by atoms with Crippen molar-refractivity contribution in [2.75, 3.05) is 0 Å². The molecule has 0 unspecified atom stereocenters. The van der Waals surface area contributed by atoms with Crippen LogP contribution in [0, 0.1) is 0 Å². The molecule has 0 bridgehead atoms. The molecule has 0 fully saturated rings. The monoisotopic (exact) mass is 354 g/mol. The van der Waals surface area contributed by atoms with Gasteiger partial charge in [0.15, 0.2) is 0 Å². The van der Waals surface area contributed by atoms with Crippen molar-refractivity contribution in [3.63, 3.8) is 0 Å². The Morgan fingerprint density at radius 2 is 1.68 bits per heavy atom. The highest BCUT2D eigenvalue weighted by molar-refractivity contribution is 7.13. The second-order valence-electron chi connectivity index (χ2n) is 8.38. The van der Waals surface area contributed by atoms with Crippen molar-refractivity contribution in [3.05, 3.63) is 56.8 Å². The number of benzene rings is 1. The Kier molecular flexibility index (Phi) is 4.40. The van der Waals surface area contributed by atoms with Crippen molar-refractivity contribution in [2.45, 2.75) is 58.3 Å². The molecule has 3 rings (SSSR count). The quantitative estimate of drug-likeness (QED) is 0.696. The third kappa shape index (κ3) is 3.43. The van der Waals surface area contributed by atoms with E-state index in [1.54, 1.807) is 12.1 Å². The highest BCUT2D eigenvalue weighted by Gasteiger charge is 2.38. The van der Waals surface area contributed by atoms with Crippen LogP contribution >= 0.6 is 11.3 Å². The molecule has 0 amide bonds. The van der Waals surface area contributed by atoms with Crippen LogP contribution in [0.3, 0.4) is 0 Å². The first-order valence-electron chi connectivity index (χ1n) is 8.77. The first-order valence-corrected chi connectivity index (χ1v) is 9.59.